The predicted molar refractivity (Wildman–Crippen MR) is 103 cm³/mol. The highest BCUT2D eigenvalue weighted by atomic mass is 35.5. The zero-order valence-corrected chi connectivity index (χ0v) is 16.1. The molecule has 1 aliphatic rings. The summed E-state index contributed by atoms with van der Waals surface area (Å²) in [5, 5.41) is 10.1. The van der Waals surface area contributed by atoms with Gasteiger partial charge in [-0.1, -0.05) is 30.7 Å². The van der Waals surface area contributed by atoms with E-state index in [4.69, 9.17) is 16.0 Å². The smallest absolute Gasteiger partial charge is 0.257 e. The van der Waals surface area contributed by atoms with Gasteiger partial charge in [0.15, 0.2) is 0 Å². The molecule has 26 heavy (non-hydrogen) atoms. The maximum absolute atomic E-state index is 12.8. The van der Waals surface area contributed by atoms with Crippen LogP contribution in [0.4, 0.5) is 0 Å². The Balaban J connectivity index is 1.82. The van der Waals surface area contributed by atoms with E-state index in [9.17, 15) is 4.79 Å². The minimum Gasteiger partial charge on any atom is -0.467 e. The first kappa shape index (κ1) is 18.7. The largest absolute Gasteiger partial charge is 0.467 e. The summed E-state index contributed by atoms with van der Waals surface area (Å²) in [5.74, 6) is 0.665. The monoisotopic (exact) mass is 373 g/mol. The standard InChI is InChI=1S/C20H24ClN3O2/c1-4-20(2,3)22-13-19(25)24-17(18-6-5-11-26-18)12-16(23-24)14-7-9-15(21)10-8-14/h5-11,17,22H,4,12-13H2,1-3H3/t17-/m1/s1. The van der Waals surface area contributed by atoms with E-state index in [-0.39, 0.29) is 24.0 Å². The third-order valence-electron chi connectivity index (χ3n) is 4.82. The molecule has 2 heterocycles. The number of carbonyl (C=O) groups excluding carboxylic acids is 1. The van der Waals surface area contributed by atoms with Crippen LogP contribution in [-0.2, 0) is 4.79 Å². The summed E-state index contributed by atoms with van der Waals surface area (Å²) in [6.45, 7) is 6.48. The summed E-state index contributed by atoms with van der Waals surface area (Å²) >= 11 is 5.98. The molecular formula is C20H24ClN3O2. The number of nitrogens with one attached hydrogen (secondary N) is 1. The molecule has 2 aromatic rings. The SMILES string of the molecule is CCC(C)(C)NCC(=O)N1N=C(c2ccc(Cl)cc2)C[C@@H]1c1ccco1. The lowest BCUT2D eigenvalue weighted by Crippen LogP contribution is -2.45. The number of furan rings is 1. The second kappa shape index (κ2) is 7.64. The Morgan fingerprint density at radius 3 is 2.69 bits per heavy atom. The Bertz CT molecular complexity index is 782. The van der Waals surface area contributed by atoms with Gasteiger partial charge in [0.25, 0.3) is 5.91 Å². The normalized spacial score (nSPS) is 17.5. The van der Waals surface area contributed by atoms with E-state index in [1.807, 2.05) is 36.4 Å². The molecule has 0 saturated heterocycles. The van der Waals surface area contributed by atoms with E-state index in [0.29, 0.717) is 11.4 Å². The number of hydrogen-bond acceptors (Lipinski definition) is 4. The average molecular weight is 374 g/mol. The van der Waals surface area contributed by atoms with Crippen molar-refractivity contribution in [3.05, 3.63) is 59.0 Å². The zero-order chi connectivity index (χ0) is 18.7. The van der Waals surface area contributed by atoms with Crippen LogP contribution in [0.15, 0.2) is 52.2 Å². The maximum atomic E-state index is 12.8. The van der Waals surface area contributed by atoms with Gasteiger partial charge in [-0.3, -0.25) is 4.79 Å². The highest BCUT2D eigenvalue weighted by molar-refractivity contribution is 6.30. The van der Waals surface area contributed by atoms with Crippen molar-refractivity contribution < 1.29 is 9.21 Å². The van der Waals surface area contributed by atoms with Gasteiger partial charge in [-0.2, -0.15) is 5.10 Å². The van der Waals surface area contributed by atoms with Crippen LogP contribution in [0, 0.1) is 0 Å². The molecule has 1 aromatic carbocycles. The fourth-order valence-electron chi connectivity index (χ4n) is 2.78. The molecule has 5 nitrogen and oxygen atoms in total. The lowest BCUT2D eigenvalue weighted by molar-refractivity contribution is -0.132. The Morgan fingerprint density at radius 1 is 1.35 bits per heavy atom. The van der Waals surface area contributed by atoms with Gasteiger partial charge >= 0.3 is 0 Å². The molecule has 1 N–H and O–H groups in total. The topological polar surface area (TPSA) is 57.8 Å². The number of hydrazone groups is 1. The molecular weight excluding hydrogens is 350 g/mol. The van der Waals surface area contributed by atoms with Gasteiger partial charge < -0.3 is 9.73 Å². The van der Waals surface area contributed by atoms with Crippen LogP contribution in [0.2, 0.25) is 5.02 Å². The fourth-order valence-corrected chi connectivity index (χ4v) is 2.91. The van der Waals surface area contributed by atoms with Crippen molar-refractivity contribution in [2.75, 3.05) is 6.54 Å². The van der Waals surface area contributed by atoms with E-state index >= 15 is 0 Å². The molecule has 0 fully saturated rings. The molecule has 0 aliphatic carbocycles. The van der Waals surface area contributed by atoms with Crippen LogP contribution in [-0.4, -0.2) is 28.7 Å². The van der Waals surface area contributed by atoms with Gasteiger partial charge in [-0.15, -0.1) is 0 Å². The number of nitrogens with zero attached hydrogens (tertiary/aromatic N) is 2. The van der Waals surface area contributed by atoms with E-state index in [0.717, 1.165) is 23.5 Å². The average Bonchev–Trinajstić information content (AvgIpc) is 3.30. The molecule has 0 bridgehead atoms. The van der Waals surface area contributed by atoms with Gasteiger partial charge in [0.05, 0.1) is 18.5 Å². The summed E-state index contributed by atoms with van der Waals surface area (Å²) < 4.78 is 5.56. The van der Waals surface area contributed by atoms with Gasteiger partial charge in [0.1, 0.15) is 11.8 Å². The van der Waals surface area contributed by atoms with Crippen LogP contribution in [0.3, 0.4) is 0 Å². The first-order valence-electron chi connectivity index (χ1n) is 8.83. The first-order valence-corrected chi connectivity index (χ1v) is 9.21. The third kappa shape index (κ3) is 4.17. The Labute approximate surface area is 159 Å². The third-order valence-corrected chi connectivity index (χ3v) is 5.07. The Kier molecular flexibility index (Phi) is 5.49. The first-order chi connectivity index (χ1) is 12.4. The van der Waals surface area contributed by atoms with Crippen molar-refractivity contribution in [2.24, 2.45) is 5.10 Å². The molecule has 0 unspecified atom stereocenters. The molecule has 1 aliphatic heterocycles. The van der Waals surface area contributed by atoms with E-state index in [2.05, 4.69) is 31.2 Å². The lowest BCUT2D eigenvalue weighted by atomic mass is 10.0. The second-order valence-electron chi connectivity index (χ2n) is 7.12. The van der Waals surface area contributed by atoms with Gasteiger partial charge in [-0.05, 0) is 50.1 Å². The molecule has 0 saturated carbocycles. The summed E-state index contributed by atoms with van der Waals surface area (Å²) in [6.07, 6.45) is 3.16. The predicted octanol–water partition coefficient (Wildman–Crippen LogP) is 4.39. The van der Waals surface area contributed by atoms with Crippen LogP contribution in [0.5, 0.6) is 0 Å². The second-order valence-corrected chi connectivity index (χ2v) is 7.55. The van der Waals surface area contributed by atoms with Crippen molar-refractivity contribution in [1.82, 2.24) is 10.3 Å². The van der Waals surface area contributed by atoms with Crippen LogP contribution < -0.4 is 5.32 Å². The zero-order valence-electron chi connectivity index (χ0n) is 15.3. The molecule has 0 spiro atoms. The van der Waals surface area contributed by atoms with Gasteiger partial charge in [0, 0.05) is 17.0 Å². The highest BCUT2D eigenvalue weighted by Crippen LogP contribution is 2.33. The van der Waals surface area contributed by atoms with Crippen molar-refractivity contribution in [3.8, 4) is 0 Å². The number of rotatable bonds is 6. The number of benzene rings is 1. The number of carbonyl (C=O) groups is 1. The number of amides is 1. The molecule has 1 atom stereocenters. The molecule has 3 rings (SSSR count). The molecule has 1 amide bonds. The van der Waals surface area contributed by atoms with E-state index in [1.54, 1.807) is 11.3 Å². The van der Waals surface area contributed by atoms with E-state index in [1.165, 1.54) is 0 Å². The molecule has 1 aromatic heterocycles. The molecule has 138 valence electrons. The van der Waals surface area contributed by atoms with Gasteiger partial charge in [0.2, 0.25) is 0 Å². The van der Waals surface area contributed by atoms with Gasteiger partial charge in [-0.25, -0.2) is 5.01 Å². The fraction of sp³-hybridized carbons (Fsp3) is 0.400. The van der Waals surface area contributed by atoms with Crippen molar-refractivity contribution in [3.63, 3.8) is 0 Å². The summed E-state index contributed by atoms with van der Waals surface area (Å²) in [4.78, 5) is 12.8. The summed E-state index contributed by atoms with van der Waals surface area (Å²) in [7, 11) is 0. The Morgan fingerprint density at radius 2 is 2.08 bits per heavy atom. The van der Waals surface area contributed by atoms with Crippen molar-refractivity contribution in [1.29, 1.82) is 0 Å². The van der Waals surface area contributed by atoms with Crippen LogP contribution in [0.25, 0.3) is 0 Å². The highest BCUT2D eigenvalue weighted by Gasteiger charge is 2.35. The number of hydrogen-bond donors (Lipinski definition) is 1. The number of halogens is 1. The van der Waals surface area contributed by atoms with Crippen molar-refractivity contribution >= 4 is 23.2 Å². The molecule has 6 heteroatoms. The van der Waals surface area contributed by atoms with E-state index < -0.39 is 0 Å². The minimum absolute atomic E-state index is 0.0723. The summed E-state index contributed by atoms with van der Waals surface area (Å²) in [5.41, 5.74) is 1.72. The van der Waals surface area contributed by atoms with Crippen molar-refractivity contribution in [2.45, 2.75) is 45.2 Å². The van der Waals surface area contributed by atoms with Crippen LogP contribution in [0.1, 0.15) is 51.0 Å². The summed E-state index contributed by atoms with van der Waals surface area (Å²) in [6, 6.07) is 11.0. The molecule has 0 radical (unpaired) electrons. The van der Waals surface area contributed by atoms with Crippen LogP contribution >= 0.6 is 11.6 Å². The Hall–Kier alpha value is -2.11. The quantitative estimate of drug-likeness (QED) is 0.816. The minimum atomic E-state index is -0.227. The maximum Gasteiger partial charge on any atom is 0.257 e. The lowest BCUT2D eigenvalue weighted by Gasteiger charge is -2.26.